The summed E-state index contributed by atoms with van der Waals surface area (Å²) >= 11 is 4.48. The van der Waals surface area contributed by atoms with Crippen molar-refractivity contribution in [2.75, 3.05) is 55.0 Å². The Balaban J connectivity index is 0.000000259. The van der Waals surface area contributed by atoms with Gasteiger partial charge in [-0.25, -0.2) is 27.1 Å². The Labute approximate surface area is 846 Å². The number of nitrogens with two attached hydrogens (primary N) is 2. The van der Waals surface area contributed by atoms with Crippen molar-refractivity contribution in [2.24, 2.45) is 10.3 Å². The van der Waals surface area contributed by atoms with Gasteiger partial charge < -0.3 is 96.9 Å². The summed E-state index contributed by atoms with van der Waals surface area (Å²) in [4.78, 5) is 42.0. The van der Waals surface area contributed by atoms with E-state index in [0.717, 1.165) is 69.8 Å². The van der Waals surface area contributed by atoms with Gasteiger partial charge >= 0.3 is 0 Å². The molecular weight excluding hydrogens is 2020 g/mol. The number of unbranched alkanes of at least 4 members (excludes halogenated alkanes) is 4. The number of halogens is 2. The maximum absolute atomic E-state index is 14.5. The minimum atomic E-state index is -3.80. The van der Waals surface area contributed by atoms with Gasteiger partial charge in [-0.3, -0.25) is 18.6 Å². The molecule has 766 valence electrons. The SMILES string of the molecule is C.CC(C)=CCc1c(O)cc2oc3cc(O)c(CO)c(CC=C(C)C)c3c(=O)c2c1O.CC(C)=CCc1c(OCCCCBr)cc2oc3cc(OCCCCBr)c(CO)c(CC=C(C)C)c3c(=O)c2c1O.CC(C)=CCc1c(OCCCCOc2ccc(S(N)(=O)=O)cc2)cc2oc3cc(OCCCCOc4ccc(NS(=O)[O-])cc4)c(CO)c(CC=C(C)C)c3c(=O)c2c1O.NS(=O)(=O)c1ccc(O)cc1. The van der Waals surface area contributed by atoms with E-state index in [9.17, 15) is 80.8 Å². The van der Waals surface area contributed by atoms with Gasteiger partial charge in [0.25, 0.3) is 0 Å². The smallest absolute Gasteiger partial charge is 0.238 e. The van der Waals surface area contributed by atoms with Crippen LogP contribution in [0.25, 0.3) is 65.8 Å². The van der Waals surface area contributed by atoms with E-state index < -0.39 is 55.4 Å². The first kappa shape index (κ1) is 115. The molecule has 12 rings (SSSR count). The summed E-state index contributed by atoms with van der Waals surface area (Å²) in [6.07, 6.45) is 19.7. The quantitative estimate of drug-likeness (QED) is 0.00555. The molecule has 0 aliphatic rings. The zero-order valence-electron chi connectivity index (χ0n) is 81.0. The average Bonchev–Trinajstić information content (AvgIpc) is 0.742. The van der Waals surface area contributed by atoms with Gasteiger partial charge in [-0.2, -0.15) is 0 Å². The fourth-order valence-electron chi connectivity index (χ4n) is 14.9. The molecule has 3 heterocycles. The number of hydrogen-bond donors (Lipinski definition) is 12. The van der Waals surface area contributed by atoms with Crippen LogP contribution in [0, 0.1) is 0 Å². The van der Waals surface area contributed by atoms with E-state index in [0.29, 0.717) is 174 Å². The first-order valence-corrected chi connectivity index (χ1v) is 52.2. The molecule has 0 aliphatic carbocycles. The first-order valence-electron chi connectivity index (χ1n) is 45.7. The molecule has 0 aliphatic heterocycles. The van der Waals surface area contributed by atoms with Crippen LogP contribution in [0.3, 0.4) is 0 Å². The molecular formula is C107H128Br2N3O27S3-. The minimum absolute atomic E-state index is 0. The highest BCUT2D eigenvalue weighted by atomic mass is 79.9. The van der Waals surface area contributed by atoms with E-state index in [2.05, 4.69) is 36.6 Å². The Morgan fingerprint density at radius 2 is 0.613 bits per heavy atom. The third kappa shape index (κ3) is 31.5. The summed E-state index contributed by atoms with van der Waals surface area (Å²) < 4.78 is 123. The lowest BCUT2D eigenvalue weighted by Crippen LogP contribution is -2.12. The predicted molar refractivity (Wildman–Crippen MR) is 565 cm³/mol. The van der Waals surface area contributed by atoms with Crippen molar-refractivity contribution < 1.29 is 113 Å². The number of benzene rings is 9. The number of nitrogens with one attached hydrogen (secondary N) is 1. The van der Waals surface area contributed by atoms with Crippen LogP contribution in [0.2, 0.25) is 0 Å². The zero-order chi connectivity index (χ0) is 103. The molecule has 30 nitrogen and oxygen atoms in total. The lowest BCUT2D eigenvalue weighted by molar-refractivity contribution is 0.249. The van der Waals surface area contributed by atoms with Crippen LogP contribution in [0.4, 0.5) is 5.69 Å². The zero-order valence-corrected chi connectivity index (χ0v) is 86.7. The second-order valence-electron chi connectivity index (χ2n) is 34.8. The molecule has 0 saturated carbocycles. The van der Waals surface area contributed by atoms with Gasteiger partial charge in [-0.05, 0) is 262 Å². The second kappa shape index (κ2) is 54.5. The molecule has 1 atom stereocenters. The maximum Gasteiger partial charge on any atom is 0.238 e. The van der Waals surface area contributed by atoms with Gasteiger partial charge in [0.15, 0.2) is 0 Å². The van der Waals surface area contributed by atoms with Crippen LogP contribution in [0.5, 0.6) is 69.0 Å². The number of sulfonamides is 2. The second-order valence-corrected chi connectivity index (χ2v) is 40.2. The lowest BCUT2D eigenvalue weighted by atomic mass is 9.95. The third-order valence-corrected chi connectivity index (χ3v) is 25.7. The number of anilines is 1. The maximum atomic E-state index is 14.5. The molecule has 9 aromatic carbocycles. The van der Waals surface area contributed by atoms with Crippen molar-refractivity contribution in [3.05, 3.63) is 260 Å². The Morgan fingerprint density at radius 3 is 0.923 bits per heavy atom. The predicted octanol–water partition coefficient (Wildman–Crippen LogP) is 21.0. The topological polar surface area (TPSA) is 501 Å². The van der Waals surface area contributed by atoms with E-state index in [1.807, 2.05) is 120 Å². The number of fused-ring (bicyclic) bond motifs is 6. The molecule has 1 unspecified atom stereocenters. The molecule has 0 saturated heterocycles. The number of primary sulfonamides is 2. The fourth-order valence-corrected chi connectivity index (χ4v) is 17.1. The number of phenols is 6. The first-order chi connectivity index (χ1) is 67.0. The third-order valence-electron chi connectivity index (χ3n) is 22.3. The van der Waals surface area contributed by atoms with Crippen molar-refractivity contribution in [1.82, 2.24) is 0 Å². The van der Waals surface area contributed by atoms with Crippen molar-refractivity contribution in [2.45, 2.75) is 210 Å². The van der Waals surface area contributed by atoms with Crippen molar-refractivity contribution in [1.29, 1.82) is 0 Å². The molecule has 0 spiro atoms. The van der Waals surface area contributed by atoms with E-state index >= 15 is 0 Å². The monoisotopic (exact) mass is 2140 g/mol. The van der Waals surface area contributed by atoms with Crippen molar-refractivity contribution in [3.63, 3.8) is 0 Å². The van der Waals surface area contributed by atoms with Gasteiger partial charge in [0.05, 0.1) is 85.4 Å². The van der Waals surface area contributed by atoms with Crippen molar-refractivity contribution in [3.8, 4) is 69.0 Å². The molecule has 3 aromatic heterocycles. The number of aliphatic hydroxyl groups excluding tert-OH is 3. The largest absolute Gasteiger partial charge is 0.755 e. The van der Waals surface area contributed by atoms with Crippen molar-refractivity contribution >= 4 is 135 Å². The van der Waals surface area contributed by atoms with Gasteiger partial charge in [0, 0.05) is 97.4 Å². The average molecular weight is 2140 g/mol. The number of rotatable bonds is 43. The number of phenolic OH excluding ortho intramolecular Hbond substituents is 5. The van der Waals surface area contributed by atoms with Crippen LogP contribution in [-0.4, -0.2) is 122 Å². The fraction of sp³-hybridized carbons (Fsp3) is 0.355. The number of aromatic hydroxyl groups is 6. The number of alkyl halides is 2. The Kier molecular flexibility index (Phi) is 44.2. The van der Waals surface area contributed by atoms with E-state index in [1.54, 1.807) is 48.5 Å². The van der Waals surface area contributed by atoms with Crippen LogP contribution >= 0.6 is 31.9 Å². The Hall–Kier alpha value is -12.0. The summed E-state index contributed by atoms with van der Waals surface area (Å²) in [6.45, 7) is 24.4. The molecule has 35 heteroatoms. The standard InChI is InChI=1S/C44H52N2O12S2.C32H40Br2O6.C24H26O6.C6H7NO3S.CH4/c1-28(2)9-19-34-36(27-47)38(57-24-8-6-21-54-31-13-11-30(12-14-31)46-59(50)51)26-39-41(34)44(49)42-40(58-39)25-37(35(43(42)48)20-10-29(3)4)56-23-7-5-22-55-32-15-17-33(18-16-32)60(45,52)53;1-20(2)9-11-22-24(19-35)26(39-16-8-6-14-34)18-27-29(22)32(37)30-28(40-27)17-25(38-15-7-5-13-33)23(31(30)36)12-10-21(3)4;1-12(2)5-7-14-16(11-25)18(27)10-19-21(14)24(29)22-20(30-19)9-17(26)15(23(22)28)8-6-13(3)4;7-11(9,10)6-3-1-5(8)2-4-6;/h9-18,25-26,46-48H,5-8,19-24,27H2,1-4H3,(H,50,51)(H2,45,52,53);9-10,17-18,35-36H,5-8,11-16,19H2,1-4H3;5-6,9-10,25-28H,7-8,11H2,1-4H3;1-4,8H,(H2,7,9,10);1H4/p-1. The molecule has 0 fully saturated rings. The van der Waals surface area contributed by atoms with E-state index in [1.165, 1.54) is 60.7 Å². The minimum Gasteiger partial charge on any atom is -0.755 e. The highest BCUT2D eigenvalue weighted by Crippen LogP contribution is 2.44. The summed E-state index contributed by atoms with van der Waals surface area (Å²) in [6, 6.07) is 26.6. The Bertz CT molecular complexity index is 7110. The molecule has 0 amide bonds. The van der Waals surface area contributed by atoms with Crippen LogP contribution < -0.4 is 59.7 Å². The highest BCUT2D eigenvalue weighted by molar-refractivity contribution is 9.09. The summed E-state index contributed by atoms with van der Waals surface area (Å²) in [5, 5.41) is 107. The number of allylic oxidation sites excluding steroid dienone is 12. The van der Waals surface area contributed by atoms with E-state index in [-0.39, 0.29) is 149 Å². The normalized spacial score (nSPS) is 11.4. The van der Waals surface area contributed by atoms with Crippen LogP contribution in [-0.2, 0) is 89.7 Å². The van der Waals surface area contributed by atoms with Gasteiger partial charge in [-0.1, -0.05) is 109 Å². The van der Waals surface area contributed by atoms with Crippen LogP contribution in [0.1, 0.15) is 192 Å². The van der Waals surface area contributed by atoms with Gasteiger partial charge in [-0.15, -0.1) is 0 Å². The summed E-state index contributed by atoms with van der Waals surface area (Å²) in [5.74, 6) is 1.77. The molecule has 0 radical (unpaired) electrons. The molecule has 142 heavy (non-hydrogen) atoms. The van der Waals surface area contributed by atoms with E-state index in [4.69, 9.17) is 57.1 Å². The van der Waals surface area contributed by atoms with Gasteiger partial charge in [0.1, 0.15) is 119 Å². The number of hydrogen-bond acceptors (Lipinski definition) is 27. The number of ether oxygens (including phenoxy) is 6. The van der Waals surface area contributed by atoms with Gasteiger partial charge in [0.2, 0.25) is 36.3 Å². The molecule has 14 N–H and O–H groups in total. The summed E-state index contributed by atoms with van der Waals surface area (Å²) in [7, 11) is -7.43. The molecule has 12 aromatic rings. The highest BCUT2D eigenvalue weighted by Gasteiger charge is 2.29. The lowest BCUT2D eigenvalue weighted by Gasteiger charge is -2.18. The molecule has 0 bridgehead atoms. The van der Waals surface area contributed by atoms with Crippen LogP contribution in [0.15, 0.2) is 217 Å². The Morgan fingerprint density at radius 1 is 0.359 bits per heavy atom. The number of aliphatic hydroxyl groups is 3. The summed E-state index contributed by atoms with van der Waals surface area (Å²) in [5.41, 5.74) is 10.6.